The maximum Gasteiger partial charge on any atom is 0.273 e. The number of likely N-dealkylation sites (tertiary alicyclic amines) is 1. The van der Waals surface area contributed by atoms with E-state index in [1.807, 2.05) is 29.1 Å². The predicted molar refractivity (Wildman–Crippen MR) is 79.3 cm³/mol. The first kappa shape index (κ1) is 13.8. The van der Waals surface area contributed by atoms with Crippen LogP contribution in [0.3, 0.4) is 0 Å². The van der Waals surface area contributed by atoms with Crippen LogP contribution in [0.2, 0.25) is 0 Å². The molecule has 7 heteroatoms. The van der Waals surface area contributed by atoms with Crippen molar-refractivity contribution >= 4 is 23.2 Å². The van der Waals surface area contributed by atoms with Crippen LogP contribution in [0.4, 0.5) is 0 Å². The molecule has 1 aliphatic heterocycles. The van der Waals surface area contributed by atoms with E-state index >= 15 is 0 Å². The van der Waals surface area contributed by atoms with Gasteiger partial charge in [-0.1, -0.05) is 0 Å². The SMILES string of the molecule is NC(=O)C1CCN(C(=O)c2csc(-n3cccc3)n2)CC1. The molecular weight excluding hydrogens is 288 g/mol. The number of nitrogens with zero attached hydrogens (tertiary/aromatic N) is 3. The molecule has 2 amide bonds. The number of hydrogen-bond acceptors (Lipinski definition) is 4. The molecule has 1 aliphatic rings. The van der Waals surface area contributed by atoms with Gasteiger partial charge in [-0.05, 0) is 25.0 Å². The minimum atomic E-state index is -0.273. The van der Waals surface area contributed by atoms with Crippen molar-refractivity contribution in [3.8, 4) is 5.13 Å². The summed E-state index contributed by atoms with van der Waals surface area (Å²) < 4.78 is 1.88. The van der Waals surface area contributed by atoms with Crippen molar-refractivity contribution in [2.24, 2.45) is 11.7 Å². The highest BCUT2D eigenvalue weighted by Gasteiger charge is 2.27. The van der Waals surface area contributed by atoms with Crippen molar-refractivity contribution < 1.29 is 9.59 Å². The summed E-state index contributed by atoms with van der Waals surface area (Å²) in [6.07, 6.45) is 5.06. The molecule has 3 heterocycles. The zero-order valence-electron chi connectivity index (χ0n) is 11.4. The quantitative estimate of drug-likeness (QED) is 0.927. The van der Waals surface area contributed by atoms with Crippen LogP contribution in [-0.2, 0) is 4.79 Å². The summed E-state index contributed by atoms with van der Waals surface area (Å²) in [5.41, 5.74) is 5.76. The third-order valence-corrected chi connectivity index (χ3v) is 4.58. The van der Waals surface area contributed by atoms with Gasteiger partial charge < -0.3 is 15.2 Å². The van der Waals surface area contributed by atoms with Crippen molar-refractivity contribution in [3.05, 3.63) is 35.6 Å². The summed E-state index contributed by atoms with van der Waals surface area (Å²) in [7, 11) is 0. The molecular formula is C14H16N4O2S. The first-order chi connectivity index (χ1) is 10.1. The van der Waals surface area contributed by atoms with Gasteiger partial charge in [0.1, 0.15) is 5.69 Å². The monoisotopic (exact) mass is 304 g/mol. The molecule has 2 aromatic heterocycles. The summed E-state index contributed by atoms with van der Waals surface area (Å²) in [5.74, 6) is -0.460. The fraction of sp³-hybridized carbons (Fsp3) is 0.357. The van der Waals surface area contributed by atoms with Crippen molar-refractivity contribution in [3.63, 3.8) is 0 Å². The Morgan fingerprint density at radius 3 is 2.52 bits per heavy atom. The summed E-state index contributed by atoms with van der Waals surface area (Å²) in [6, 6.07) is 3.83. The fourth-order valence-electron chi connectivity index (χ4n) is 2.47. The van der Waals surface area contributed by atoms with Gasteiger partial charge in [0.05, 0.1) is 0 Å². The van der Waals surface area contributed by atoms with E-state index in [0.717, 1.165) is 5.13 Å². The van der Waals surface area contributed by atoms with Gasteiger partial charge in [-0.25, -0.2) is 4.98 Å². The molecule has 0 unspecified atom stereocenters. The lowest BCUT2D eigenvalue weighted by molar-refractivity contribution is -0.123. The third-order valence-electron chi connectivity index (χ3n) is 3.72. The molecule has 0 radical (unpaired) electrons. The number of thiazole rings is 1. The Bertz CT molecular complexity index is 642. The van der Waals surface area contributed by atoms with Crippen LogP contribution in [0, 0.1) is 5.92 Å². The molecule has 3 rings (SSSR count). The van der Waals surface area contributed by atoms with Crippen LogP contribution >= 0.6 is 11.3 Å². The van der Waals surface area contributed by atoms with Crippen LogP contribution in [-0.4, -0.2) is 39.4 Å². The van der Waals surface area contributed by atoms with Crippen LogP contribution < -0.4 is 5.73 Å². The van der Waals surface area contributed by atoms with E-state index in [4.69, 9.17) is 5.73 Å². The third kappa shape index (κ3) is 2.82. The molecule has 0 spiro atoms. The number of piperidine rings is 1. The molecule has 0 aliphatic carbocycles. The molecule has 2 N–H and O–H groups in total. The van der Waals surface area contributed by atoms with Crippen molar-refractivity contribution in [2.45, 2.75) is 12.8 Å². The lowest BCUT2D eigenvalue weighted by Crippen LogP contribution is -2.41. The normalized spacial score (nSPS) is 16.1. The highest BCUT2D eigenvalue weighted by molar-refractivity contribution is 7.12. The second-order valence-electron chi connectivity index (χ2n) is 5.07. The Balaban J connectivity index is 1.68. The summed E-state index contributed by atoms with van der Waals surface area (Å²) >= 11 is 1.44. The Hall–Kier alpha value is -2.15. The topological polar surface area (TPSA) is 81.2 Å². The Kier molecular flexibility index (Phi) is 3.74. The number of aromatic nitrogens is 2. The van der Waals surface area contributed by atoms with Gasteiger partial charge in [-0.3, -0.25) is 9.59 Å². The van der Waals surface area contributed by atoms with Gasteiger partial charge in [0, 0.05) is 36.8 Å². The van der Waals surface area contributed by atoms with E-state index in [-0.39, 0.29) is 17.7 Å². The standard InChI is InChI=1S/C14H16N4O2S/c15-12(19)10-3-7-17(8-4-10)13(20)11-9-21-14(16-11)18-5-1-2-6-18/h1-2,5-6,9-10H,3-4,7-8H2,(H2,15,19). The van der Waals surface area contributed by atoms with Crippen LogP contribution in [0.1, 0.15) is 23.3 Å². The summed E-state index contributed by atoms with van der Waals surface area (Å²) in [5, 5.41) is 2.55. The first-order valence-corrected chi connectivity index (χ1v) is 7.70. The minimum Gasteiger partial charge on any atom is -0.369 e. The second kappa shape index (κ2) is 5.69. The summed E-state index contributed by atoms with van der Waals surface area (Å²) in [6.45, 7) is 1.12. The van der Waals surface area contributed by atoms with E-state index in [2.05, 4.69) is 4.98 Å². The molecule has 1 saturated heterocycles. The maximum absolute atomic E-state index is 12.4. The second-order valence-corrected chi connectivity index (χ2v) is 5.91. The number of rotatable bonds is 3. The number of nitrogens with two attached hydrogens (primary N) is 1. The van der Waals surface area contributed by atoms with Crippen LogP contribution in [0.15, 0.2) is 29.9 Å². The van der Waals surface area contributed by atoms with Gasteiger partial charge in [-0.2, -0.15) is 0 Å². The largest absolute Gasteiger partial charge is 0.369 e. The van der Waals surface area contributed by atoms with Gasteiger partial charge in [-0.15, -0.1) is 11.3 Å². The first-order valence-electron chi connectivity index (χ1n) is 6.82. The number of amides is 2. The van der Waals surface area contributed by atoms with Gasteiger partial charge in [0.2, 0.25) is 5.91 Å². The Morgan fingerprint density at radius 2 is 1.90 bits per heavy atom. The van der Waals surface area contributed by atoms with Crippen molar-refractivity contribution in [2.75, 3.05) is 13.1 Å². The van der Waals surface area contributed by atoms with E-state index in [9.17, 15) is 9.59 Å². The van der Waals surface area contributed by atoms with Crippen LogP contribution in [0.5, 0.6) is 0 Å². The highest BCUT2D eigenvalue weighted by Crippen LogP contribution is 2.21. The van der Waals surface area contributed by atoms with Gasteiger partial charge in [0.15, 0.2) is 5.13 Å². The smallest absolute Gasteiger partial charge is 0.273 e. The molecule has 1 fully saturated rings. The minimum absolute atomic E-state index is 0.0763. The molecule has 6 nitrogen and oxygen atoms in total. The van der Waals surface area contributed by atoms with Gasteiger partial charge >= 0.3 is 0 Å². The van der Waals surface area contributed by atoms with Crippen molar-refractivity contribution in [1.82, 2.24) is 14.5 Å². The average molecular weight is 304 g/mol. The zero-order valence-corrected chi connectivity index (χ0v) is 12.3. The van der Waals surface area contributed by atoms with E-state index in [1.165, 1.54) is 11.3 Å². The fourth-order valence-corrected chi connectivity index (χ4v) is 3.24. The van der Waals surface area contributed by atoms with Crippen LogP contribution in [0.25, 0.3) is 5.13 Å². The Labute approximate surface area is 126 Å². The molecule has 0 atom stereocenters. The lowest BCUT2D eigenvalue weighted by Gasteiger charge is -2.30. The van der Waals surface area contributed by atoms with E-state index < -0.39 is 0 Å². The van der Waals surface area contributed by atoms with E-state index in [1.54, 1.807) is 10.3 Å². The maximum atomic E-state index is 12.4. The number of primary amides is 1. The number of carbonyl (C=O) groups excluding carboxylic acids is 2. The predicted octanol–water partition coefficient (Wildman–Crippen LogP) is 1.27. The molecule has 2 aromatic rings. The zero-order chi connectivity index (χ0) is 14.8. The highest BCUT2D eigenvalue weighted by atomic mass is 32.1. The average Bonchev–Trinajstić information content (AvgIpc) is 3.17. The molecule has 0 saturated carbocycles. The molecule has 110 valence electrons. The lowest BCUT2D eigenvalue weighted by atomic mass is 9.96. The summed E-state index contributed by atoms with van der Waals surface area (Å²) in [4.78, 5) is 29.7. The molecule has 0 bridgehead atoms. The Morgan fingerprint density at radius 1 is 1.24 bits per heavy atom. The molecule has 0 aromatic carbocycles. The number of hydrogen-bond donors (Lipinski definition) is 1. The van der Waals surface area contributed by atoms with E-state index in [0.29, 0.717) is 31.6 Å². The van der Waals surface area contributed by atoms with Gasteiger partial charge in [0.25, 0.3) is 5.91 Å². The molecule has 21 heavy (non-hydrogen) atoms. The van der Waals surface area contributed by atoms with Crippen molar-refractivity contribution in [1.29, 1.82) is 0 Å². The number of carbonyl (C=O) groups is 2.